The Morgan fingerprint density at radius 2 is 2.26 bits per heavy atom. The van der Waals surface area contributed by atoms with Crippen LogP contribution in [0.1, 0.15) is 19.3 Å². The van der Waals surface area contributed by atoms with Crippen LogP contribution in [0.3, 0.4) is 0 Å². The maximum absolute atomic E-state index is 12.2. The summed E-state index contributed by atoms with van der Waals surface area (Å²) in [6.07, 6.45) is 2.75. The summed E-state index contributed by atoms with van der Waals surface area (Å²) in [5, 5.41) is 3.33. The Morgan fingerprint density at radius 3 is 2.95 bits per heavy atom. The van der Waals surface area contributed by atoms with Crippen molar-refractivity contribution in [1.29, 1.82) is 0 Å². The molecule has 104 valence electrons. The lowest BCUT2D eigenvalue weighted by atomic mass is 10.0. The molecule has 0 aliphatic carbocycles. The zero-order valence-electron chi connectivity index (χ0n) is 11.7. The maximum atomic E-state index is 12.2. The Bertz CT molecular complexity index is 428. The zero-order chi connectivity index (χ0) is 13.7. The van der Waals surface area contributed by atoms with Crippen LogP contribution in [-0.2, 0) is 4.79 Å². The molecule has 0 spiro atoms. The van der Waals surface area contributed by atoms with Gasteiger partial charge in [0.05, 0.1) is 12.8 Å². The van der Waals surface area contributed by atoms with Crippen molar-refractivity contribution in [3.05, 3.63) is 24.3 Å². The fourth-order valence-electron chi connectivity index (χ4n) is 2.50. The van der Waals surface area contributed by atoms with Crippen LogP contribution in [0.2, 0.25) is 0 Å². The number of benzene rings is 1. The van der Waals surface area contributed by atoms with Gasteiger partial charge >= 0.3 is 0 Å². The topological polar surface area (TPSA) is 41.6 Å². The van der Waals surface area contributed by atoms with Crippen LogP contribution in [0.4, 0.5) is 5.69 Å². The van der Waals surface area contributed by atoms with Gasteiger partial charge in [-0.15, -0.1) is 0 Å². The van der Waals surface area contributed by atoms with Crippen molar-refractivity contribution in [2.45, 2.75) is 19.3 Å². The first-order chi connectivity index (χ1) is 9.22. The highest BCUT2D eigenvalue weighted by Gasteiger charge is 2.19. The predicted octanol–water partition coefficient (Wildman–Crippen LogP) is 2.05. The number of hydrogen-bond acceptors (Lipinski definition) is 3. The van der Waals surface area contributed by atoms with Gasteiger partial charge in [0.2, 0.25) is 5.91 Å². The van der Waals surface area contributed by atoms with Gasteiger partial charge in [0.15, 0.2) is 0 Å². The fraction of sp³-hybridized carbons (Fsp3) is 0.533. The van der Waals surface area contributed by atoms with Gasteiger partial charge in [0, 0.05) is 13.5 Å². The van der Waals surface area contributed by atoms with E-state index in [2.05, 4.69) is 5.32 Å². The second-order valence-corrected chi connectivity index (χ2v) is 5.02. The third-order valence-electron chi connectivity index (χ3n) is 3.75. The lowest BCUT2D eigenvalue weighted by Gasteiger charge is -2.20. The van der Waals surface area contributed by atoms with E-state index >= 15 is 0 Å². The van der Waals surface area contributed by atoms with Gasteiger partial charge in [0.1, 0.15) is 5.75 Å². The lowest BCUT2D eigenvalue weighted by molar-refractivity contribution is -0.118. The third kappa shape index (κ3) is 3.47. The van der Waals surface area contributed by atoms with E-state index < -0.39 is 0 Å². The number of amides is 1. The van der Waals surface area contributed by atoms with Gasteiger partial charge in [-0.3, -0.25) is 4.79 Å². The second kappa shape index (κ2) is 6.57. The maximum Gasteiger partial charge on any atom is 0.226 e. The minimum absolute atomic E-state index is 0.149. The molecule has 1 unspecified atom stereocenters. The summed E-state index contributed by atoms with van der Waals surface area (Å²) in [5.41, 5.74) is 0.833. The van der Waals surface area contributed by atoms with E-state index in [-0.39, 0.29) is 5.91 Å². The predicted molar refractivity (Wildman–Crippen MR) is 76.6 cm³/mol. The van der Waals surface area contributed by atoms with Crippen LogP contribution in [0.5, 0.6) is 5.75 Å². The summed E-state index contributed by atoms with van der Waals surface area (Å²) in [7, 11) is 3.44. The van der Waals surface area contributed by atoms with Crippen LogP contribution < -0.4 is 15.0 Å². The molecule has 1 aliphatic heterocycles. The number of nitrogens with zero attached hydrogens (tertiary/aromatic N) is 1. The van der Waals surface area contributed by atoms with E-state index in [9.17, 15) is 4.79 Å². The number of carbonyl (C=O) groups excluding carboxylic acids is 1. The van der Waals surface area contributed by atoms with Crippen LogP contribution in [0, 0.1) is 5.92 Å². The molecular formula is C15H22N2O2. The quantitative estimate of drug-likeness (QED) is 0.883. The molecule has 1 saturated heterocycles. The van der Waals surface area contributed by atoms with Gasteiger partial charge in [-0.05, 0) is 44.0 Å². The lowest BCUT2D eigenvalue weighted by Crippen LogP contribution is -2.27. The minimum atomic E-state index is 0.149. The van der Waals surface area contributed by atoms with E-state index in [1.165, 1.54) is 6.42 Å². The molecule has 0 saturated carbocycles. The summed E-state index contributed by atoms with van der Waals surface area (Å²) < 4.78 is 5.29. The summed E-state index contributed by atoms with van der Waals surface area (Å²) in [6.45, 7) is 2.13. The van der Waals surface area contributed by atoms with Crippen molar-refractivity contribution in [2.75, 3.05) is 32.1 Å². The molecule has 0 bridgehead atoms. The number of carbonyl (C=O) groups is 1. The van der Waals surface area contributed by atoms with E-state index in [4.69, 9.17) is 4.74 Å². The van der Waals surface area contributed by atoms with Crippen molar-refractivity contribution < 1.29 is 9.53 Å². The van der Waals surface area contributed by atoms with Gasteiger partial charge < -0.3 is 15.0 Å². The van der Waals surface area contributed by atoms with E-state index in [1.54, 1.807) is 12.0 Å². The third-order valence-corrected chi connectivity index (χ3v) is 3.75. The molecule has 1 heterocycles. The molecule has 1 aromatic rings. The zero-order valence-corrected chi connectivity index (χ0v) is 11.7. The summed E-state index contributed by atoms with van der Waals surface area (Å²) in [4.78, 5) is 13.9. The first-order valence-corrected chi connectivity index (χ1v) is 6.82. The molecule has 1 fully saturated rings. The van der Waals surface area contributed by atoms with E-state index in [0.29, 0.717) is 12.3 Å². The Hall–Kier alpha value is -1.55. The van der Waals surface area contributed by atoms with Crippen molar-refractivity contribution in [3.63, 3.8) is 0 Å². The molecular weight excluding hydrogens is 240 g/mol. The Balaban J connectivity index is 1.94. The van der Waals surface area contributed by atoms with Gasteiger partial charge in [-0.1, -0.05) is 12.1 Å². The monoisotopic (exact) mass is 262 g/mol. The molecule has 2 rings (SSSR count). The number of hydrogen-bond donors (Lipinski definition) is 1. The summed E-state index contributed by atoms with van der Waals surface area (Å²) in [5.74, 6) is 1.53. The number of rotatable bonds is 5. The molecule has 1 N–H and O–H groups in total. The van der Waals surface area contributed by atoms with Crippen LogP contribution in [0.25, 0.3) is 0 Å². The molecule has 19 heavy (non-hydrogen) atoms. The Kier molecular flexibility index (Phi) is 4.80. The van der Waals surface area contributed by atoms with Crippen LogP contribution in [-0.4, -0.2) is 33.2 Å². The number of anilines is 1. The second-order valence-electron chi connectivity index (χ2n) is 5.02. The number of ether oxygens (including phenoxy) is 1. The molecule has 4 nitrogen and oxygen atoms in total. The summed E-state index contributed by atoms with van der Waals surface area (Å²) >= 11 is 0. The van der Waals surface area contributed by atoms with E-state index in [1.807, 2.05) is 31.3 Å². The summed E-state index contributed by atoms with van der Waals surface area (Å²) in [6, 6.07) is 7.61. The molecule has 1 amide bonds. The Morgan fingerprint density at radius 1 is 1.47 bits per heavy atom. The van der Waals surface area contributed by atoms with Crippen LogP contribution >= 0.6 is 0 Å². The number of para-hydroxylation sites is 2. The van der Waals surface area contributed by atoms with Gasteiger partial charge in [-0.2, -0.15) is 0 Å². The van der Waals surface area contributed by atoms with Crippen LogP contribution in [0.15, 0.2) is 24.3 Å². The molecule has 0 radical (unpaired) electrons. The first-order valence-electron chi connectivity index (χ1n) is 6.82. The standard InChI is InChI=1S/C15H22N2O2/c1-17(13-5-3-4-6-14(13)19-2)15(18)8-7-12-9-10-16-11-12/h3-6,12,16H,7-11H2,1-2H3. The molecule has 0 aromatic heterocycles. The number of methoxy groups -OCH3 is 1. The Labute approximate surface area is 114 Å². The van der Waals surface area contributed by atoms with E-state index in [0.717, 1.165) is 30.9 Å². The highest BCUT2D eigenvalue weighted by molar-refractivity contribution is 5.94. The average Bonchev–Trinajstić information content (AvgIpc) is 2.97. The molecule has 1 aromatic carbocycles. The van der Waals surface area contributed by atoms with Crippen molar-refractivity contribution in [3.8, 4) is 5.75 Å². The SMILES string of the molecule is COc1ccccc1N(C)C(=O)CCC1CCNC1. The molecule has 4 heteroatoms. The van der Waals surface area contributed by atoms with Crippen molar-refractivity contribution in [1.82, 2.24) is 5.32 Å². The van der Waals surface area contributed by atoms with Gasteiger partial charge in [-0.25, -0.2) is 0 Å². The minimum Gasteiger partial charge on any atom is -0.495 e. The largest absolute Gasteiger partial charge is 0.495 e. The average molecular weight is 262 g/mol. The number of nitrogens with one attached hydrogen (secondary N) is 1. The fourth-order valence-corrected chi connectivity index (χ4v) is 2.50. The van der Waals surface area contributed by atoms with Gasteiger partial charge in [0.25, 0.3) is 0 Å². The highest BCUT2D eigenvalue weighted by atomic mass is 16.5. The van der Waals surface area contributed by atoms with Crippen molar-refractivity contribution >= 4 is 11.6 Å². The highest BCUT2D eigenvalue weighted by Crippen LogP contribution is 2.27. The normalized spacial score (nSPS) is 18.3. The van der Waals surface area contributed by atoms with Crippen molar-refractivity contribution in [2.24, 2.45) is 5.92 Å². The molecule has 1 atom stereocenters. The smallest absolute Gasteiger partial charge is 0.226 e. The first kappa shape index (κ1) is 13.9. The molecule has 1 aliphatic rings.